The Labute approximate surface area is 139 Å². The minimum atomic E-state index is 0.137. The SMILES string of the molecule is c1cncc(OCC[C@H]2CCOC23CCN(C2CCC2)CC3)c1. The molecule has 2 aliphatic heterocycles. The quantitative estimate of drug-likeness (QED) is 0.835. The van der Waals surface area contributed by atoms with E-state index in [2.05, 4.69) is 9.88 Å². The lowest BCUT2D eigenvalue weighted by molar-refractivity contribution is -0.0807. The maximum Gasteiger partial charge on any atom is 0.137 e. The summed E-state index contributed by atoms with van der Waals surface area (Å²) < 4.78 is 12.1. The molecule has 0 unspecified atom stereocenters. The molecule has 4 nitrogen and oxygen atoms in total. The number of hydrogen-bond acceptors (Lipinski definition) is 4. The van der Waals surface area contributed by atoms with Gasteiger partial charge in [0.15, 0.2) is 0 Å². The van der Waals surface area contributed by atoms with Crippen LogP contribution in [0, 0.1) is 5.92 Å². The smallest absolute Gasteiger partial charge is 0.137 e. The van der Waals surface area contributed by atoms with E-state index in [0.717, 1.165) is 31.4 Å². The van der Waals surface area contributed by atoms with E-state index in [1.165, 1.54) is 51.6 Å². The molecule has 3 fully saturated rings. The van der Waals surface area contributed by atoms with Crippen molar-refractivity contribution in [1.29, 1.82) is 0 Å². The fourth-order valence-corrected chi connectivity index (χ4v) is 4.52. The van der Waals surface area contributed by atoms with Crippen LogP contribution in [-0.2, 0) is 4.74 Å². The highest BCUT2D eigenvalue weighted by molar-refractivity contribution is 5.15. The fraction of sp³-hybridized carbons (Fsp3) is 0.737. The predicted molar refractivity (Wildman–Crippen MR) is 89.6 cm³/mol. The lowest BCUT2D eigenvalue weighted by atomic mass is 9.77. The summed E-state index contributed by atoms with van der Waals surface area (Å²) in [7, 11) is 0. The first-order chi connectivity index (χ1) is 11.4. The van der Waals surface area contributed by atoms with Gasteiger partial charge in [-0.2, -0.15) is 0 Å². The number of likely N-dealkylation sites (tertiary alicyclic amines) is 1. The van der Waals surface area contributed by atoms with Crippen LogP contribution in [0.1, 0.15) is 44.9 Å². The second kappa shape index (κ2) is 6.78. The number of ether oxygens (including phenoxy) is 2. The second-order valence-electron chi connectivity index (χ2n) is 7.35. The minimum Gasteiger partial charge on any atom is -0.492 e. The summed E-state index contributed by atoms with van der Waals surface area (Å²) in [5.74, 6) is 1.53. The number of pyridine rings is 1. The van der Waals surface area contributed by atoms with Crippen molar-refractivity contribution >= 4 is 0 Å². The van der Waals surface area contributed by atoms with Gasteiger partial charge in [0.05, 0.1) is 18.4 Å². The van der Waals surface area contributed by atoms with Crippen molar-refractivity contribution in [2.24, 2.45) is 5.92 Å². The van der Waals surface area contributed by atoms with Crippen LogP contribution in [0.2, 0.25) is 0 Å². The molecule has 0 amide bonds. The average molecular weight is 316 g/mol. The molecule has 3 aliphatic rings. The fourth-order valence-electron chi connectivity index (χ4n) is 4.52. The summed E-state index contributed by atoms with van der Waals surface area (Å²) in [4.78, 5) is 6.81. The van der Waals surface area contributed by atoms with Crippen molar-refractivity contribution in [2.75, 3.05) is 26.3 Å². The monoisotopic (exact) mass is 316 g/mol. The third-order valence-electron chi connectivity index (χ3n) is 6.20. The van der Waals surface area contributed by atoms with Gasteiger partial charge < -0.3 is 14.4 Å². The van der Waals surface area contributed by atoms with Gasteiger partial charge in [0.1, 0.15) is 5.75 Å². The molecule has 2 saturated heterocycles. The number of hydrogen-bond donors (Lipinski definition) is 0. The summed E-state index contributed by atoms with van der Waals surface area (Å²) >= 11 is 0. The van der Waals surface area contributed by atoms with E-state index in [9.17, 15) is 0 Å². The number of aromatic nitrogens is 1. The Bertz CT molecular complexity index is 495. The van der Waals surface area contributed by atoms with Gasteiger partial charge >= 0.3 is 0 Å². The highest BCUT2D eigenvalue weighted by Gasteiger charge is 2.46. The summed E-state index contributed by atoms with van der Waals surface area (Å²) in [6.07, 6.45) is 12.5. The molecule has 0 N–H and O–H groups in total. The summed E-state index contributed by atoms with van der Waals surface area (Å²) in [5, 5.41) is 0. The van der Waals surface area contributed by atoms with Crippen molar-refractivity contribution in [3.05, 3.63) is 24.5 Å². The third kappa shape index (κ3) is 3.24. The molecule has 1 aromatic rings. The van der Waals surface area contributed by atoms with Crippen LogP contribution in [0.25, 0.3) is 0 Å². The van der Waals surface area contributed by atoms with Gasteiger partial charge in [-0.25, -0.2) is 0 Å². The van der Waals surface area contributed by atoms with E-state index in [4.69, 9.17) is 9.47 Å². The average Bonchev–Trinajstić information content (AvgIpc) is 2.92. The van der Waals surface area contributed by atoms with Crippen molar-refractivity contribution in [3.8, 4) is 5.75 Å². The third-order valence-corrected chi connectivity index (χ3v) is 6.20. The Balaban J connectivity index is 1.28. The van der Waals surface area contributed by atoms with Crippen LogP contribution >= 0.6 is 0 Å². The van der Waals surface area contributed by atoms with Gasteiger partial charge in [-0.05, 0) is 56.6 Å². The zero-order valence-electron chi connectivity index (χ0n) is 14.0. The van der Waals surface area contributed by atoms with E-state index in [0.29, 0.717) is 5.92 Å². The number of rotatable bonds is 5. The standard InChI is InChI=1S/C19H28N2O2/c1-3-17(4-1)21-11-8-19(9-12-21)16(7-14-23-19)6-13-22-18-5-2-10-20-15-18/h2,5,10,15-17H,1,3-4,6-9,11-14H2/t16-/m0/s1. The van der Waals surface area contributed by atoms with Crippen molar-refractivity contribution in [3.63, 3.8) is 0 Å². The first kappa shape index (κ1) is 15.4. The Hall–Kier alpha value is -1.13. The lowest BCUT2D eigenvalue weighted by Gasteiger charge is -2.47. The Morgan fingerprint density at radius 2 is 2.13 bits per heavy atom. The van der Waals surface area contributed by atoms with E-state index in [1.54, 1.807) is 12.4 Å². The molecule has 0 bridgehead atoms. The molecule has 1 saturated carbocycles. The summed E-state index contributed by atoms with van der Waals surface area (Å²) in [5.41, 5.74) is 0.137. The Morgan fingerprint density at radius 3 is 2.83 bits per heavy atom. The molecule has 23 heavy (non-hydrogen) atoms. The molecular weight excluding hydrogens is 288 g/mol. The van der Waals surface area contributed by atoms with Crippen molar-refractivity contribution < 1.29 is 9.47 Å². The zero-order chi connectivity index (χ0) is 15.5. The molecule has 126 valence electrons. The Kier molecular flexibility index (Phi) is 4.54. The Morgan fingerprint density at radius 1 is 1.26 bits per heavy atom. The van der Waals surface area contributed by atoms with Crippen molar-refractivity contribution in [1.82, 2.24) is 9.88 Å². The van der Waals surface area contributed by atoms with Gasteiger partial charge in [-0.1, -0.05) is 6.42 Å². The molecule has 1 spiro atoms. The maximum atomic E-state index is 6.28. The van der Waals surface area contributed by atoms with E-state index in [-0.39, 0.29) is 5.60 Å². The highest BCUT2D eigenvalue weighted by Crippen LogP contribution is 2.43. The van der Waals surface area contributed by atoms with Gasteiger partial charge in [0, 0.05) is 31.9 Å². The highest BCUT2D eigenvalue weighted by atomic mass is 16.5. The zero-order valence-corrected chi connectivity index (χ0v) is 14.0. The van der Waals surface area contributed by atoms with Crippen LogP contribution in [-0.4, -0.2) is 47.8 Å². The topological polar surface area (TPSA) is 34.6 Å². The number of nitrogens with zero attached hydrogens (tertiary/aromatic N) is 2. The molecule has 4 heteroatoms. The maximum absolute atomic E-state index is 6.28. The summed E-state index contributed by atoms with van der Waals surface area (Å²) in [6, 6.07) is 4.78. The molecule has 0 aromatic carbocycles. The molecular formula is C19H28N2O2. The van der Waals surface area contributed by atoms with Gasteiger partial charge in [0.2, 0.25) is 0 Å². The van der Waals surface area contributed by atoms with Gasteiger partial charge in [-0.3, -0.25) is 4.98 Å². The van der Waals surface area contributed by atoms with E-state index < -0.39 is 0 Å². The lowest BCUT2D eigenvalue weighted by Crippen LogP contribution is -2.52. The van der Waals surface area contributed by atoms with Crippen molar-refractivity contribution in [2.45, 2.75) is 56.6 Å². The molecule has 1 atom stereocenters. The first-order valence-electron chi connectivity index (χ1n) is 9.27. The summed E-state index contributed by atoms with van der Waals surface area (Å²) in [6.45, 7) is 4.16. The van der Waals surface area contributed by atoms with E-state index >= 15 is 0 Å². The molecule has 1 aliphatic carbocycles. The second-order valence-corrected chi connectivity index (χ2v) is 7.35. The normalized spacial score (nSPS) is 27.9. The largest absolute Gasteiger partial charge is 0.492 e. The van der Waals surface area contributed by atoms with Crippen LogP contribution in [0.4, 0.5) is 0 Å². The van der Waals surface area contributed by atoms with Crippen LogP contribution in [0.15, 0.2) is 24.5 Å². The molecule has 4 rings (SSSR count). The molecule has 3 heterocycles. The minimum absolute atomic E-state index is 0.137. The van der Waals surface area contributed by atoms with Crippen LogP contribution < -0.4 is 4.74 Å². The van der Waals surface area contributed by atoms with E-state index in [1.807, 2.05) is 12.1 Å². The van der Waals surface area contributed by atoms with Gasteiger partial charge in [0.25, 0.3) is 0 Å². The van der Waals surface area contributed by atoms with Crippen LogP contribution in [0.5, 0.6) is 5.75 Å². The predicted octanol–water partition coefficient (Wildman–Crippen LogP) is 3.27. The van der Waals surface area contributed by atoms with Crippen LogP contribution in [0.3, 0.4) is 0 Å². The molecule has 1 aromatic heterocycles. The first-order valence-corrected chi connectivity index (χ1v) is 9.27. The number of piperidine rings is 1. The van der Waals surface area contributed by atoms with Gasteiger partial charge in [-0.15, -0.1) is 0 Å². The molecule has 0 radical (unpaired) electrons.